The van der Waals surface area contributed by atoms with Gasteiger partial charge in [0.15, 0.2) is 0 Å². The molecular weight excluding hydrogens is 360 g/mol. The van der Waals surface area contributed by atoms with Crippen molar-refractivity contribution in [3.63, 3.8) is 0 Å². The molecule has 1 aliphatic rings. The van der Waals surface area contributed by atoms with Crippen LogP contribution in [0, 0.1) is 13.8 Å². The molecule has 1 fully saturated rings. The maximum absolute atomic E-state index is 12.9. The molecule has 5 heteroatoms. The van der Waals surface area contributed by atoms with Crippen molar-refractivity contribution < 1.29 is 4.79 Å². The van der Waals surface area contributed by atoms with Crippen molar-refractivity contribution in [3.05, 3.63) is 82.4 Å². The molecule has 4 rings (SSSR count). The SMILES string of the molecule is Cc1cccc(Cc2cc(C)nc(C3CCCN(C(=O)c4ccnn4C)C3)c2)c1. The quantitative estimate of drug-likeness (QED) is 0.678. The molecule has 1 atom stereocenters. The largest absolute Gasteiger partial charge is 0.337 e. The average Bonchev–Trinajstić information content (AvgIpc) is 3.13. The number of nitrogens with zero attached hydrogens (tertiary/aromatic N) is 4. The fourth-order valence-electron chi connectivity index (χ4n) is 4.29. The number of hydrogen-bond donors (Lipinski definition) is 0. The molecule has 0 spiro atoms. The maximum Gasteiger partial charge on any atom is 0.272 e. The number of pyridine rings is 1. The van der Waals surface area contributed by atoms with E-state index in [9.17, 15) is 4.79 Å². The number of likely N-dealkylation sites (tertiary alicyclic amines) is 1. The van der Waals surface area contributed by atoms with E-state index >= 15 is 0 Å². The Morgan fingerprint density at radius 1 is 1.14 bits per heavy atom. The summed E-state index contributed by atoms with van der Waals surface area (Å²) in [6.45, 7) is 5.69. The topological polar surface area (TPSA) is 51.0 Å². The summed E-state index contributed by atoms with van der Waals surface area (Å²) in [5.41, 5.74) is 6.68. The van der Waals surface area contributed by atoms with Crippen LogP contribution in [0.2, 0.25) is 0 Å². The highest BCUT2D eigenvalue weighted by Gasteiger charge is 2.27. The molecule has 1 aliphatic heterocycles. The smallest absolute Gasteiger partial charge is 0.272 e. The second kappa shape index (κ2) is 8.19. The fraction of sp³-hybridized carbons (Fsp3) is 0.375. The summed E-state index contributed by atoms with van der Waals surface area (Å²) in [4.78, 5) is 19.7. The van der Waals surface area contributed by atoms with E-state index in [1.807, 2.05) is 11.9 Å². The normalized spacial score (nSPS) is 16.8. The van der Waals surface area contributed by atoms with E-state index in [-0.39, 0.29) is 11.8 Å². The van der Waals surface area contributed by atoms with Gasteiger partial charge < -0.3 is 4.90 Å². The summed E-state index contributed by atoms with van der Waals surface area (Å²) in [6.07, 6.45) is 4.64. The summed E-state index contributed by atoms with van der Waals surface area (Å²) in [7, 11) is 1.81. The first-order valence-corrected chi connectivity index (χ1v) is 10.3. The first-order chi connectivity index (χ1) is 14.0. The Balaban J connectivity index is 1.53. The number of benzene rings is 1. The van der Waals surface area contributed by atoms with Gasteiger partial charge in [-0.15, -0.1) is 0 Å². The summed E-state index contributed by atoms with van der Waals surface area (Å²) >= 11 is 0. The lowest BCUT2D eigenvalue weighted by Crippen LogP contribution is -2.40. The Bertz CT molecular complexity index is 1020. The van der Waals surface area contributed by atoms with Gasteiger partial charge in [-0.3, -0.25) is 14.5 Å². The average molecular weight is 389 g/mol. The highest BCUT2D eigenvalue weighted by Crippen LogP contribution is 2.28. The number of amides is 1. The van der Waals surface area contributed by atoms with E-state index < -0.39 is 0 Å². The van der Waals surface area contributed by atoms with E-state index in [0.29, 0.717) is 12.2 Å². The minimum Gasteiger partial charge on any atom is -0.337 e. The Labute approximate surface area is 172 Å². The number of hydrogen-bond acceptors (Lipinski definition) is 3. The van der Waals surface area contributed by atoms with Gasteiger partial charge in [0.05, 0.1) is 0 Å². The van der Waals surface area contributed by atoms with Gasteiger partial charge >= 0.3 is 0 Å². The lowest BCUT2D eigenvalue weighted by Gasteiger charge is -2.32. The number of carbonyl (C=O) groups excluding carboxylic acids is 1. The molecule has 0 bridgehead atoms. The second-order valence-corrected chi connectivity index (χ2v) is 8.14. The van der Waals surface area contributed by atoms with Crippen molar-refractivity contribution in [2.45, 2.75) is 39.0 Å². The van der Waals surface area contributed by atoms with Crippen LogP contribution in [0.25, 0.3) is 0 Å². The van der Waals surface area contributed by atoms with E-state index in [1.165, 1.54) is 16.7 Å². The van der Waals surface area contributed by atoms with Gasteiger partial charge in [-0.2, -0.15) is 5.10 Å². The van der Waals surface area contributed by atoms with Crippen LogP contribution in [0.3, 0.4) is 0 Å². The number of aryl methyl sites for hydroxylation is 3. The highest BCUT2D eigenvalue weighted by molar-refractivity contribution is 5.92. The van der Waals surface area contributed by atoms with Gasteiger partial charge in [0.25, 0.3) is 5.91 Å². The van der Waals surface area contributed by atoms with Gasteiger partial charge in [0.2, 0.25) is 0 Å². The summed E-state index contributed by atoms with van der Waals surface area (Å²) < 4.78 is 1.65. The van der Waals surface area contributed by atoms with Gasteiger partial charge in [0.1, 0.15) is 5.69 Å². The van der Waals surface area contributed by atoms with E-state index in [2.05, 4.69) is 55.3 Å². The van der Waals surface area contributed by atoms with E-state index in [1.54, 1.807) is 16.9 Å². The van der Waals surface area contributed by atoms with Crippen molar-refractivity contribution >= 4 is 5.91 Å². The lowest BCUT2D eigenvalue weighted by atomic mass is 9.92. The number of carbonyl (C=O) groups is 1. The summed E-state index contributed by atoms with van der Waals surface area (Å²) in [5.74, 6) is 0.333. The molecule has 0 aliphatic carbocycles. The maximum atomic E-state index is 12.9. The van der Waals surface area contributed by atoms with Crippen molar-refractivity contribution in [1.29, 1.82) is 0 Å². The first-order valence-electron chi connectivity index (χ1n) is 10.3. The highest BCUT2D eigenvalue weighted by atomic mass is 16.2. The minimum atomic E-state index is 0.0577. The van der Waals surface area contributed by atoms with Gasteiger partial charge in [0, 0.05) is 43.6 Å². The van der Waals surface area contributed by atoms with Gasteiger partial charge in [-0.1, -0.05) is 29.8 Å². The fourth-order valence-corrected chi connectivity index (χ4v) is 4.29. The molecule has 0 saturated carbocycles. The zero-order valence-electron chi connectivity index (χ0n) is 17.4. The molecule has 0 N–H and O–H groups in total. The van der Waals surface area contributed by atoms with Crippen LogP contribution in [0.4, 0.5) is 0 Å². The molecule has 1 saturated heterocycles. The van der Waals surface area contributed by atoms with E-state index in [0.717, 1.165) is 37.2 Å². The molecule has 3 aromatic rings. The van der Waals surface area contributed by atoms with Crippen molar-refractivity contribution in [3.8, 4) is 0 Å². The third kappa shape index (κ3) is 4.39. The summed E-state index contributed by atoms with van der Waals surface area (Å²) in [6, 6.07) is 14.9. The first kappa shape index (κ1) is 19.4. The Morgan fingerprint density at radius 2 is 2.00 bits per heavy atom. The van der Waals surface area contributed by atoms with E-state index in [4.69, 9.17) is 4.98 Å². The van der Waals surface area contributed by atoms with Crippen molar-refractivity contribution in [1.82, 2.24) is 19.7 Å². The zero-order valence-corrected chi connectivity index (χ0v) is 17.4. The number of aromatic nitrogens is 3. The van der Waals surface area contributed by atoms with Crippen LogP contribution in [-0.2, 0) is 13.5 Å². The van der Waals surface area contributed by atoms with Crippen LogP contribution >= 0.6 is 0 Å². The van der Waals surface area contributed by atoms with Crippen molar-refractivity contribution in [2.75, 3.05) is 13.1 Å². The monoisotopic (exact) mass is 388 g/mol. The lowest BCUT2D eigenvalue weighted by molar-refractivity contribution is 0.0694. The second-order valence-electron chi connectivity index (χ2n) is 8.14. The minimum absolute atomic E-state index is 0.0577. The molecule has 1 unspecified atom stereocenters. The number of piperidine rings is 1. The standard InChI is InChI=1S/C24H28N4O/c1-17-6-4-7-19(12-17)14-20-13-18(2)26-22(15-20)21-8-5-11-28(16-21)24(29)23-9-10-25-27(23)3/h4,6-7,9-10,12-13,15,21H,5,8,11,14,16H2,1-3H3. The van der Waals surface area contributed by atoms with Crippen LogP contribution < -0.4 is 0 Å². The number of rotatable bonds is 4. The molecule has 1 amide bonds. The molecule has 1 aromatic carbocycles. The van der Waals surface area contributed by atoms with Gasteiger partial charge in [-0.05, 0) is 62.4 Å². The van der Waals surface area contributed by atoms with Crippen LogP contribution in [0.15, 0.2) is 48.7 Å². The Kier molecular flexibility index (Phi) is 5.47. The molecule has 150 valence electrons. The van der Waals surface area contributed by atoms with Crippen molar-refractivity contribution in [2.24, 2.45) is 7.05 Å². The molecule has 2 aromatic heterocycles. The summed E-state index contributed by atoms with van der Waals surface area (Å²) in [5, 5.41) is 4.14. The predicted molar refractivity (Wildman–Crippen MR) is 114 cm³/mol. The third-order valence-corrected chi connectivity index (χ3v) is 5.69. The Hall–Kier alpha value is -2.95. The molecule has 3 heterocycles. The predicted octanol–water partition coefficient (Wildman–Crippen LogP) is 4.04. The van der Waals surface area contributed by atoms with Crippen LogP contribution in [0.5, 0.6) is 0 Å². The van der Waals surface area contributed by atoms with Gasteiger partial charge in [-0.25, -0.2) is 0 Å². The molecular formula is C24H28N4O. The Morgan fingerprint density at radius 3 is 2.76 bits per heavy atom. The molecule has 5 nitrogen and oxygen atoms in total. The molecule has 0 radical (unpaired) electrons. The molecule has 29 heavy (non-hydrogen) atoms. The third-order valence-electron chi connectivity index (χ3n) is 5.69. The zero-order chi connectivity index (χ0) is 20.4. The van der Waals surface area contributed by atoms with Crippen LogP contribution in [0.1, 0.15) is 57.3 Å². The van der Waals surface area contributed by atoms with Crippen LogP contribution in [-0.4, -0.2) is 38.7 Å².